The van der Waals surface area contributed by atoms with E-state index >= 15 is 0 Å². The van der Waals surface area contributed by atoms with E-state index in [2.05, 4.69) is 21.5 Å². The molecule has 0 amide bonds. The first-order valence-electron chi connectivity index (χ1n) is 5.76. The number of halogens is 1. The lowest BCUT2D eigenvalue weighted by molar-refractivity contribution is 0.864. The van der Waals surface area contributed by atoms with Gasteiger partial charge in [0.05, 0.1) is 5.69 Å². The summed E-state index contributed by atoms with van der Waals surface area (Å²) in [5, 5.41) is 10.7. The number of nitrogens with one attached hydrogen (secondary N) is 1. The third-order valence-electron chi connectivity index (χ3n) is 2.65. The lowest BCUT2D eigenvalue weighted by Crippen LogP contribution is -2.05. The minimum Gasteiger partial charge on any atom is -0.357 e. The number of benzene rings is 1. The molecule has 2 heterocycles. The lowest BCUT2D eigenvalue weighted by Gasteiger charge is -2.09. The molecule has 0 fully saturated rings. The Kier molecular flexibility index (Phi) is 3.48. The van der Waals surface area contributed by atoms with Crippen LogP contribution in [0.3, 0.4) is 0 Å². The highest BCUT2D eigenvalue weighted by Gasteiger charge is 2.05. The molecule has 0 saturated heterocycles. The zero-order valence-corrected chi connectivity index (χ0v) is 11.5. The maximum atomic E-state index is 5.80. The molecule has 2 aromatic heterocycles. The van der Waals surface area contributed by atoms with Gasteiger partial charge in [-0.1, -0.05) is 29.8 Å². The van der Waals surface area contributed by atoms with E-state index < -0.39 is 0 Å². The molecule has 4 nitrogen and oxygen atoms in total. The van der Waals surface area contributed by atoms with E-state index in [0.29, 0.717) is 11.7 Å². The Morgan fingerprint density at radius 1 is 1.26 bits per heavy atom. The van der Waals surface area contributed by atoms with Gasteiger partial charge in [0.1, 0.15) is 5.15 Å². The summed E-state index contributed by atoms with van der Waals surface area (Å²) in [7, 11) is 0. The molecule has 0 saturated carbocycles. The summed E-state index contributed by atoms with van der Waals surface area (Å²) in [6.45, 7) is 0.680. The second-order valence-corrected chi connectivity index (χ2v) is 5.15. The molecule has 96 valence electrons. The fourth-order valence-corrected chi connectivity index (χ4v) is 2.64. The van der Waals surface area contributed by atoms with Gasteiger partial charge < -0.3 is 5.32 Å². The highest BCUT2D eigenvalue weighted by atomic mass is 35.5. The van der Waals surface area contributed by atoms with Crippen LogP contribution in [0.15, 0.2) is 48.1 Å². The average molecular weight is 291 g/mol. The normalized spacial score (nSPS) is 10.6. The Labute approximate surface area is 119 Å². The third kappa shape index (κ3) is 2.77. The van der Waals surface area contributed by atoms with E-state index in [4.69, 9.17) is 11.6 Å². The second-order valence-electron chi connectivity index (χ2n) is 3.91. The van der Waals surface area contributed by atoms with Crippen molar-refractivity contribution in [1.29, 1.82) is 0 Å². The highest BCUT2D eigenvalue weighted by Crippen LogP contribution is 2.21. The molecule has 0 aliphatic heterocycles. The van der Waals surface area contributed by atoms with Crippen LogP contribution in [0.4, 0.5) is 5.13 Å². The summed E-state index contributed by atoms with van der Waals surface area (Å²) in [6, 6.07) is 10.0. The van der Waals surface area contributed by atoms with E-state index in [1.807, 2.05) is 40.5 Å². The van der Waals surface area contributed by atoms with Gasteiger partial charge in [0.2, 0.25) is 0 Å². The molecule has 6 heteroatoms. The largest absolute Gasteiger partial charge is 0.357 e. The summed E-state index contributed by atoms with van der Waals surface area (Å²) >= 11 is 7.30. The molecule has 19 heavy (non-hydrogen) atoms. The fraction of sp³-hybridized carbons (Fsp3) is 0.0769. The van der Waals surface area contributed by atoms with Crippen molar-refractivity contribution in [3.05, 3.63) is 58.8 Å². The molecular weight excluding hydrogens is 280 g/mol. The van der Waals surface area contributed by atoms with Crippen LogP contribution in [0.5, 0.6) is 0 Å². The van der Waals surface area contributed by atoms with Crippen LogP contribution in [-0.2, 0) is 6.54 Å². The van der Waals surface area contributed by atoms with Crippen molar-refractivity contribution >= 4 is 28.1 Å². The number of anilines is 1. The van der Waals surface area contributed by atoms with Crippen LogP contribution in [0.25, 0.3) is 5.69 Å². The van der Waals surface area contributed by atoms with Crippen LogP contribution < -0.4 is 5.32 Å². The van der Waals surface area contributed by atoms with Crippen LogP contribution in [-0.4, -0.2) is 14.8 Å². The van der Waals surface area contributed by atoms with Crippen LogP contribution >= 0.6 is 22.9 Å². The Hall–Kier alpha value is -1.85. The van der Waals surface area contributed by atoms with Crippen molar-refractivity contribution in [2.24, 2.45) is 0 Å². The van der Waals surface area contributed by atoms with Gasteiger partial charge in [-0.15, -0.1) is 11.3 Å². The first-order chi connectivity index (χ1) is 9.33. The summed E-state index contributed by atoms with van der Waals surface area (Å²) in [4.78, 5) is 4.17. The lowest BCUT2D eigenvalue weighted by atomic mass is 10.2. The van der Waals surface area contributed by atoms with Gasteiger partial charge in [-0.3, -0.25) is 0 Å². The van der Waals surface area contributed by atoms with E-state index in [-0.39, 0.29) is 0 Å². The number of hydrogen-bond donors (Lipinski definition) is 1. The predicted molar refractivity (Wildman–Crippen MR) is 78.0 cm³/mol. The van der Waals surface area contributed by atoms with Crippen LogP contribution in [0.2, 0.25) is 5.15 Å². The monoisotopic (exact) mass is 290 g/mol. The topological polar surface area (TPSA) is 42.7 Å². The number of aromatic nitrogens is 3. The summed E-state index contributed by atoms with van der Waals surface area (Å²) in [6.07, 6.45) is 3.70. The molecule has 1 N–H and O–H groups in total. The quantitative estimate of drug-likeness (QED) is 0.798. The highest BCUT2D eigenvalue weighted by molar-refractivity contribution is 7.14. The second kappa shape index (κ2) is 5.42. The number of para-hydroxylation sites is 1. The Balaban J connectivity index is 1.81. The molecule has 0 radical (unpaired) electrons. The zero-order valence-electron chi connectivity index (χ0n) is 9.95. The van der Waals surface area contributed by atoms with Crippen molar-refractivity contribution in [2.75, 3.05) is 5.32 Å². The minimum absolute atomic E-state index is 0.521. The molecule has 1 aromatic carbocycles. The standard InChI is InChI=1S/C13H11ClN4S/c14-12-9-19-13(17-12)15-8-10-4-1-2-5-11(10)18-7-3-6-16-18/h1-7,9H,8H2,(H,15,17). The molecule has 3 rings (SSSR count). The molecular formula is C13H11ClN4S. The number of thiazole rings is 1. The van der Waals surface area contributed by atoms with E-state index in [9.17, 15) is 0 Å². The fourth-order valence-electron chi connectivity index (χ4n) is 1.80. The van der Waals surface area contributed by atoms with Crippen LogP contribution in [0, 0.1) is 0 Å². The Morgan fingerprint density at radius 3 is 2.89 bits per heavy atom. The van der Waals surface area contributed by atoms with Gasteiger partial charge in [-0.25, -0.2) is 9.67 Å². The molecule has 0 aliphatic carbocycles. The summed E-state index contributed by atoms with van der Waals surface area (Å²) in [5.74, 6) is 0. The number of rotatable bonds is 4. The Bertz CT molecular complexity index is 663. The zero-order chi connectivity index (χ0) is 13.1. The number of nitrogens with zero attached hydrogens (tertiary/aromatic N) is 3. The van der Waals surface area contributed by atoms with E-state index in [1.54, 1.807) is 6.20 Å². The average Bonchev–Trinajstić information content (AvgIpc) is 3.08. The van der Waals surface area contributed by atoms with Gasteiger partial charge in [0.25, 0.3) is 0 Å². The first kappa shape index (κ1) is 12.2. The molecule has 0 bridgehead atoms. The summed E-state index contributed by atoms with van der Waals surface area (Å²) in [5.41, 5.74) is 2.21. The molecule has 0 unspecified atom stereocenters. The molecule has 0 spiro atoms. The maximum Gasteiger partial charge on any atom is 0.184 e. The van der Waals surface area contributed by atoms with Gasteiger partial charge in [0.15, 0.2) is 5.13 Å². The maximum absolute atomic E-state index is 5.80. The van der Waals surface area contributed by atoms with Crippen molar-refractivity contribution in [1.82, 2.24) is 14.8 Å². The first-order valence-corrected chi connectivity index (χ1v) is 7.01. The number of hydrogen-bond acceptors (Lipinski definition) is 4. The van der Waals surface area contributed by atoms with Crippen molar-refractivity contribution in [2.45, 2.75) is 6.54 Å². The van der Waals surface area contributed by atoms with Gasteiger partial charge in [-0.05, 0) is 17.7 Å². The predicted octanol–water partition coefficient (Wildman–Crippen LogP) is 3.59. The third-order valence-corrected chi connectivity index (χ3v) is 3.77. The summed E-state index contributed by atoms with van der Waals surface area (Å²) < 4.78 is 1.85. The van der Waals surface area contributed by atoms with E-state index in [0.717, 1.165) is 16.4 Å². The smallest absolute Gasteiger partial charge is 0.184 e. The molecule has 3 aromatic rings. The SMILES string of the molecule is Clc1csc(NCc2ccccc2-n2cccn2)n1. The molecule has 0 atom stereocenters. The van der Waals surface area contributed by atoms with E-state index in [1.165, 1.54) is 11.3 Å². The van der Waals surface area contributed by atoms with Crippen molar-refractivity contribution in [3.63, 3.8) is 0 Å². The van der Waals surface area contributed by atoms with Gasteiger partial charge >= 0.3 is 0 Å². The molecule has 0 aliphatic rings. The van der Waals surface area contributed by atoms with Gasteiger partial charge in [-0.2, -0.15) is 5.10 Å². The Morgan fingerprint density at radius 2 is 2.16 bits per heavy atom. The van der Waals surface area contributed by atoms with Crippen molar-refractivity contribution in [3.8, 4) is 5.69 Å². The minimum atomic E-state index is 0.521. The van der Waals surface area contributed by atoms with Crippen molar-refractivity contribution < 1.29 is 0 Å². The van der Waals surface area contributed by atoms with Gasteiger partial charge in [0, 0.05) is 24.3 Å². The van der Waals surface area contributed by atoms with Crippen LogP contribution in [0.1, 0.15) is 5.56 Å².